The number of nitrogens with two attached hydrogens (primary N) is 1. The molecule has 0 aliphatic carbocycles. The van der Waals surface area contributed by atoms with Crippen molar-refractivity contribution in [2.45, 2.75) is 29.8 Å². The molecule has 3 aromatic rings. The van der Waals surface area contributed by atoms with Gasteiger partial charge in [-0.2, -0.15) is 27.1 Å². The highest BCUT2D eigenvalue weighted by Crippen LogP contribution is 2.46. The maximum absolute atomic E-state index is 14.1. The molecule has 3 N–H and O–H groups in total. The number of benzene rings is 2. The maximum Gasteiger partial charge on any atom is 0.459 e. The zero-order valence-electron chi connectivity index (χ0n) is 15.6. The molecule has 0 aliphatic heterocycles. The zero-order chi connectivity index (χ0) is 23.0. The number of hydrogen-bond donors (Lipinski definition) is 2. The van der Waals surface area contributed by atoms with Crippen LogP contribution in [-0.2, 0) is 28.8 Å². The Balaban J connectivity index is 2.05. The van der Waals surface area contributed by atoms with Crippen LogP contribution in [0, 0.1) is 0 Å². The van der Waals surface area contributed by atoms with Crippen LogP contribution >= 0.6 is 11.6 Å². The Hall–Kier alpha value is -2.50. The Morgan fingerprint density at radius 2 is 1.52 bits per heavy atom. The van der Waals surface area contributed by atoms with Gasteiger partial charge in [-0.1, -0.05) is 35.9 Å². The smallest absolute Gasteiger partial charge is 0.275 e. The van der Waals surface area contributed by atoms with E-state index < -0.39 is 27.8 Å². The number of aromatic nitrogens is 2. The molecule has 0 fully saturated rings. The van der Waals surface area contributed by atoms with Crippen LogP contribution in [0.3, 0.4) is 0 Å². The number of alkyl halides is 5. The predicted octanol–water partition coefficient (Wildman–Crippen LogP) is 4.82. The third kappa shape index (κ3) is 4.89. The van der Waals surface area contributed by atoms with Crippen LogP contribution in [0.1, 0.15) is 16.8 Å². The fraction of sp³-hybridized carbons (Fsp3) is 0.211. The summed E-state index contributed by atoms with van der Waals surface area (Å²) >= 11 is 5.81. The molecule has 31 heavy (non-hydrogen) atoms. The van der Waals surface area contributed by atoms with E-state index in [1.54, 1.807) is 24.3 Å². The van der Waals surface area contributed by atoms with Gasteiger partial charge in [0, 0.05) is 16.1 Å². The highest BCUT2D eigenvalue weighted by Gasteiger charge is 2.61. The van der Waals surface area contributed by atoms with Crippen molar-refractivity contribution in [2.24, 2.45) is 5.14 Å². The molecule has 0 unspecified atom stereocenters. The average Bonchev–Trinajstić information content (AvgIpc) is 3.10. The van der Waals surface area contributed by atoms with Crippen LogP contribution in [0.4, 0.5) is 22.0 Å². The lowest BCUT2D eigenvalue weighted by Gasteiger charge is -2.20. The van der Waals surface area contributed by atoms with Gasteiger partial charge < -0.3 is 0 Å². The number of primary sulfonamides is 1. The Bertz CT molecular complexity index is 1170. The Morgan fingerprint density at radius 1 is 0.935 bits per heavy atom. The fourth-order valence-corrected chi connectivity index (χ4v) is 3.61. The first-order valence-corrected chi connectivity index (χ1v) is 10.6. The number of hydrogen-bond acceptors (Lipinski definition) is 3. The highest BCUT2D eigenvalue weighted by molar-refractivity contribution is 7.89. The van der Waals surface area contributed by atoms with Crippen LogP contribution < -0.4 is 5.14 Å². The van der Waals surface area contributed by atoms with Crippen molar-refractivity contribution in [2.75, 3.05) is 0 Å². The van der Waals surface area contributed by atoms with E-state index in [0.717, 1.165) is 12.1 Å². The molecule has 2 aromatic carbocycles. The van der Waals surface area contributed by atoms with E-state index in [0.29, 0.717) is 10.6 Å². The first-order valence-electron chi connectivity index (χ1n) is 8.70. The van der Waals surface area contributed by atoms with Gasteiger partial charge in [-0.15, -0.1) is 0 Å². The summed E-state index contributed by atoms with van der Waals surface area (Å²) in [6.45, 7) is 0. The van der Waals surface area contributed by atoms with Gasteiger partial charge in [0.1, 0.15) is 5.69 Å². The SMILES string of the molecule is NS(=O)(=O)c1ccc(-c2n[nH]c(C(F)(F)C(F)(F)F)c2CCc2ccc(Cl)cc2)cc1. The number of rotatable bonds is 6. The molecule has 166 valence electrons. The van der Waals surface area contributed by atoms with Crippen molar-refractivity contribution in [1.29, 1.82) is 0 Å². The molecule has 0 atom stereocenters. The van der Waals surface area contributed by atoms with Gasteiger partial charge in [0.15, 0.2) is 0 Å². The van der Waals surface area contributed by atoms with Crippen LogP contribution in [0.2, 0.25) is 5.02 Å². The molecule has 5 nitrogen and oxygen atoms in total. The average molecular weight is 480 g/mol. The molecule has 0 saturated carbocycles. The van der Waals surface area contributed by atoms with E-state index >= 15 is 0 Å². The van der Waals surface area contributed by atoms with Crippen molar-refractivity contribution >= 4 is 21.6 Å². The lowest BCUT2D eigenvalue weighted by molar-refractivity contribution is -0.291. The highest BCUT2D eigenvalue weighted by atomic mass is 35.5. The first kappa shape index (κ1) is 23.2. The molecule has 0 spiro atoms. The number of nitrogens with zero attached hydrogens (tertiary/aromatic N) is 1. The first-order chi connectivity index (χ1) is 14.3. The monoisotopic (exact) mass is 479 g/mol. The number of nitrogens with one attached hydrogen (secondary N) is 1. The lowest BCUT2D eigenvalue weighted by Crippen LogP contribution is -2.35. The maximum atomic E-state index is 14.1. The topological polar surface area (TPSA) is 88.8 Å². The molecular formula is C19H15ClF5N3O2S. The summed E-state index contributed by atoms with van der Waals surface area (Å²) in [4.78, 5) is -0.240. The summed E-state index contributed by atoms with van der Waals surface area (Å²) in [6.07, 6.45) is -5.88. The van der Waals surface area contributed by atoms with Crippen molar-refractivity contribution in [1.82, 2.24) is 10.2 Å². The molecule has 0 amide bonds. The molecule has 0 bridgehead atoms. The van der Waals surface area contributed by atoms with Crippen LogP contribution in [0.5, 0.6) is 0 Å². The Kier molecular flexibility index (Phi) is 6.14. The molecule has 3 rings (SSSR count). The molecule has 0 aliphatic rings. The second kappa shape index (κ2) is 8.21. The normalized spacial score (nSPS) is 12.9. The van der Waals surface area contributed by atoms with Gasteiger partial charge in [0.05, 0.1) is 10.6 Å². The van der Waals surface area contributed by atoms with Crippen LogP contribution in [0.25, 0.3) is 11.3 Å². The quantitative estimate of drug-likeness (QED) is 0.497. The van der Waals surface area contributed by atoms with Crippen molar-refractivity contribution in [3.8, 4) is 11.3 Å². The third-order valence-electron chi connectivity index (χ3n) is 4.57. The van der Waals surface area contributed by atoms with Gasteiger partial charge in [0.2, 0.25) is 10.0 Å². The molecular weight excluding hydrogens is 465 g/mol. The van der Waals surface area contributed by atoms with Crippen LogP contribution in [0.15, 0.2) is 53.4 Å². The fourth-order valence-electron chi connectivity index (χ4n) is 2.97. The van der Waals surface area contributed by atoms with Crippen molar-refractivity contribution in [3.63, 3.8) is 0 Å². The van der Waals surface area contributed by atoms with E-state index in [-0.39, 0.29) is 34.6 Å². The largest absolute Gasteiger partial charge is 0.459 e. The molecule has 12 heteroatoms. The zero-order valence-corrected chi connectivity index (χ0v) is 17.1. The summed E-state index contributed by atoms with van der Waals surface area (Å²) in [7, 11) is -4.01. The Labute approximate surface area is 179 Å². The standard InChI is InChI=1S/C19H15ClF5N3O2S/c20-13-6-1-11(2-7-13)3-10-15-16(12-4-8-14(9-5-12)31(26,29)30)27-28-17(15)18(21,22)19(23,24)25/h1-2,4-9H,3,10H2,(H,27,28)(H2,26,29,30). The minimum Gasteiger partial charge on any atom is -0.275 e. The lowest BCUT2D eigenvalue weighted by atomic mass is 9.97. The van der Waals surface area contributed by atoms with Gasteiger partial charge in [0.25, 0.3) is 0 Å². The second-order valence-electron chi connectivity index (χ2n) is 6.69. The second-order valence-corrected chi connectivity index (χ2v) is 8.69. The Morgan fingerprint density at radius 3 is 2.03 bits per heavy atom. The van der Waals surface area contributed by atoms with Gasteiger partial charge in [-0.3, -0.25) is 5.10 Å². The predicted molar refractivity (Wildman–Crippen MR) is 104 cm³/mol. The summed E-state index contributed by atoms with van der Waals surface area (Å²) in [5.41, 5.74) is -1.02. The number of H-pyrrole nitrogens is 1. The van der Waals surface area contributed by atoms with Gasteiger partial charge in [-0.05, 0) is 42.7 Å². The van der Waals surface area contributed by atoms with Gasteiger partial charge >= 0.3 is 12.1 Å². The summed E-state index contributed by atoms with van der Waals surface area (Å²) in [5, 5.41) is 11.0. The molecule has 1 heterocycles. The molecule has 1 aromatic heterocycles. The number of aromatic amines is 1. The van der Waals surface area contributed by atoms with E-state index in [1.807, 2.05) is 5.10 Å². The van der Waals surface area contributed by atoms with Crippen LogP contribution in [-0.4, -0.2) is 24.8 Å². The number of halogens is 6. The van der Waals surface area contributed by atoms with E-state index in [4.69, 9.17) is 16.7 Å². The minimum atomic E-state index is -5.83. The van der Waals surface area contributed by atoms with Crippen molar-refractivity contribution in [3.05, 3.63) is 70.4 Å². The molecule has 0 saturated heterocycles. The number of sulfonamides is 1. The summed E-state index contributed by atoms with van der Waals surface area (Å²) in [6, 6.07) is 11.1. The minimum absolute atomic E-state index is 0.139. The summed E-state index contributed by atoms with van der Waals surface area (Å²) in [5.74, 6) is -5.16. The van der Waals surface area contributed by atoms with E-state index in [2.05, 4.69) is 5.10 Å². The van der Waals surface area contributed by atoms with Gasteiger partial charge in [-0.25, -0.2) is 13.6 Å². The van der Waals surface area contributed by atoms with E-state index in [1.165, 1.54) is 12.1 Å². The number of aryl methyl sites for hydroxylation is 1. The third-order valence-corrected chi connectivity index (χ3v) is 5.75. The summed E-state index contributed by atoms with van der Waals surface area (Å²) < 4.78 is 90.1. The van der Waals surface area contributed by atoms with E-state index in [9.17, 15) is 30.4 Å². The van der Waals surface area contributed by atoms with Crippen molar-refractivity contribution < 1.29 is 30.4 Å². The molecule has 0 radical (unpaired) electrons.